The maximum Gasteiger partial charge on any atom is 0.0461 e. The van der Waals surface area contributed by atoms with Gasteiger partial charge in [-0.25, -0.2) is 0 Å². The van der Waals surface area contributed by atoms with Crippen molar-refractivity contribution in [2.75, 3.05) is 18.8 Å². The molecule has 0 unspecified atom stereocenters. The van der Waals surface area contributed by atoms with Gasteiger partial charge in [0.2, 0.25) is 0 Å². The zero-order chi connectivity index (χ0) is 11.5. The van der Waals surface area contributed by atoms with Crippen LogP contribution in [0.2, 0.25) is 0 Å². The summed E-state index contributed by atoms with van der Waals surface area (Å²) in [5.74, 6) is 0. The lowest BCUT2D eigenvalue weighted by Gasteiger charge is -2.26. The van der Waals surface area contributed by atoms with E-state index < -0.39 is 0 Å². The van der Waals surface area contributed by atoms with Gasteiger partial charge in [0.25, 0.3) is 0 Å². The van der Waals surface area contributed by atoms with Crippen LogP contribution in [0.3, 0.4) is 0 Å². The molecule has 0 radical (unpaired) electrons. The number of nitrogens with two attached hydrogens (primary N) is 1. The molecule has 16 heavy (non-hydrogen) atoms. The smallest absolute Gasteiger partial charge is 0.0461 e. The molecule has 2 N–H and O–H groups in total. The predicted octanol–water partition coefficient (Wildman–Crippen LogP) is 3.18. The number of nitrogen functional groups attached to an aromatic ring is 1. The van der Waals surface area contributed by atoms with Gasteiger partial charge in [0.1, 0.15) is 0 Å². The first-order valence-corrected chi connectivity index (χ1v) is 6.36. The van der Waals surface area contributed by atoms with Crippen LogP contribution in [0.25, 0.3) is 0 Å². The van der Waals surface area contributed by atoms with Crippen LogP contribution >= 0.6 is 15.9 Å². The summed E-state index contributed by atoms with van der Waals surface area (Å²) < 4.78 is 0.978. The monoisotopic (exact) mass is 280 g/mol. The van der Waals surface area contributed by atoms with Crippen molar-refractivity contribution < 1.29 is 0 Å². The maximum atomic E-state index is 5.88. The van der Waals surface area contributed by atoms with Gasteiger partial charge in [-0.05, 0) is 47.0 Å². The highest BCUT2D eigenvalue weighted by molar-refractivity contribution is 9.10. The van der Waals surface area contributed by atoms with Gasteiger partial charge in [0, 0.05) is 29.8 Å². The molecule has 0 bridgehead atoms. The molecule has 1 aliphatic heterocycles. The highest BCUT2D eigenvalue weighted by Crippen LogP contribution is 2.21. The van der Waals surface area contributed by atoms with Crippen molar-refractivity contribution >= 4 is 21.6 Å². The van der Waals surface area contributed by atoms with Gasteiger partial charge in [-0.3, -0.25) is 4.90 Å². The van der Waals surface area contributed by atoms with Gasteiger partial charge in [0.15, 0.2) is 0 Å². The third kappa shape index (κ3) is 2.86. The normalized spacial score (nSPS) is 17.2. The standard InChI is InChI=1S/C13H17BrN2/c1-10-3-2-6-16(8-10)9-11-4-5-12(14)13(15)7-11/h3-5,7H,2,6,8-9,15H2,1H3. The van der Waals surface area contributed by atoms with Crippen LogP contribution in [-0.2, 0) is 6.54 Å². The zero-order valence-electron chi connectivity index (χ0n) is 9.54. The summed E-state index contributed by atoms with van der Waals surface area (Å²) in [4.78, 5) is 2.46. The third-order valence-electron chi connectivity index (χ3n) is 2.88. The first-order chi connectivity index (χ1) is 7.65. The van der Waals surface area contributed by atoms with E-state index in [-0.39, 0.29) is 0 Å². The molecule has 0 saturated heterocycles. The Morgan fingerprint density at radius 1 is 1.44 bits per heavy atom. The van der Waals surface area contributed by atoms with Crippen molar-refractivity contribution in [3.63, 3.8) is 0 Å². The third-order valence-corrected chi connectivity index (χ3v) is 3.60. The second-order valence-corrected chi connectivity index (χ2v) is 5.26. The van der Waals surface area contributed by atoms with E-state index in [1.165, 1.54) is 11.1 Å². The van der Waals surface area contributed by atoms with Crippen molar-refractivity contribution in [1.82, 2.24) is 4.90 Å². The van der Waals surface area contributed by atoms with E-state index in [0.717, 1.165) is 36.2 Å². The predicted molar refractivity (Wildman–Crippen MR) is 72.2 cm³/mol. The molecule has 0 spiro atoms. The lowest BCUT2D eigenvalue weighted by molar-refractivity contribution is 0.282. The molecule has 2 nitrogen and oxygen atoms in total. The maximum absolute atomic E-state index is 5.88. The average molecular weight is 281 g/mol. The minimum atomic E-state index is 0.821. The number of nitrogens with zero attached hydrogens (tertiary/aromatic N) is 1. The summed E-state index contributed by atoms with van der Waals surface area (Å²) in [5.41, 5.74) is 9.45. The molecule has 0 amide bonds. The average Bonchev–Trinajstić information content (AvgIpc) is 2.24. The summed E-state index contributed by atoms with van der Waals surface area (Å²) in [7, 11) is 0. The molecule has 1 aromatic rings. The van der Waals surface area contributed by atoms with Crippen molar-refractivity contribution in [1.29, 1.82) is 0 Å². The Labute approximate surface area is 105 Å². The molecule has 0 atom stereocenters. The Balaban J connectivity index is 2.04. The van der Waals surface area contributed by atoms with Crippen LogP contribution in [0.5, 0.6) is 0 Å². The van der Waals surface area contributed by atoms with E-state index in [4.69, 9.17) is 5.73 Å². The summed E-state index contributed by atoms with van der Waals surface area (Å²) in [6, 6.07) is 6.21. The molecule has 1 heterocycles. The molecule has 0 aliphatic carbocycles. The Morgan fingerprint density at radius 2 is 2.25 bits per heavy atom. The van der Waals surface area contributed by atoms with E-state index in [0.29, 0.717) is 0 Å². The summed E-state index contributed by atoms with van der Waals surface area (Å²) >= 11 is 3.42. The summed E-state index contributed by atoms with van der Waals surface area (Å²) in [5, 5.41) is 0. The fraction of sp³-hybridized carbons (Fsp3) is 0.385. The first kappa shape index (κ1) is 11.7. The van der Waals surface area contributed by atoms with Crippen LogP contribution < -0.4 is 5.73 Å². The van der Waals surface area contributed by atoms with Gasteiger partial charge in [-0.15, -0.1) is 0 Å². The number of rotatable bonds is 2. The van der Waals surface area contributed by atoms with Crippen LogP contribution in [0.1, 0.15) is 18.9 Å². The minimum absolute atomic E-state index is 0.821. The lowest BCUT2D eigenvalue weighted by Crippen LogP contribution is -2.28. The van der Waals surface area contributed by atoms with Crippen molar-refractivity contribution in [2.24, 2.45) is 0 Å². The molecule has 0 fully saturated rings. The Bertz CT molecular complexity index is 412. The summed E-state index contributed by atoms with van der Waals surface area (Å²) in [6.07, 6.45) is 3.49. The molecule has 0 saturated carbocycles. The fourth-order valence-electron chi connectivity index (χ4n) is 2.07. The first-order valence-electron chi connectivity index (χ1n) is 5.57. The van der Waals surface area contributed by atoms with E-state index in [2.05, 4.69) is 46.0 Å². The second-order valence-electron chi connectivity index (χ2n) is 4.41. The molecular formula is C13H17BrN2. The van der Waals surface area contributed by atoms with Crippen LogP contribution in [0.4, 0.5) is 5.69 Å². The Kier molecular flexibility index (Phi) is 3.66. The van der Waals surface area contributed by atoms with Crippen LogP contribution in [0, 0.1) is 0 Å². The molecular weight excluding hydrogens is 264 g/mol. The molecule has 1 aromatic carbocycles. The van der Waals surface area contributed by atoms with E-state index >= 15 is 0 Å². The topological polar surface area (TPSA) is 29.3 Å². The number of hydrogen-bond donors (Lipinski definition) is 1. The van der Waals surface area contributed by atoms with Gasteiger partial charge < -0.3 is 5.73 Å². The highest BCUT2D eigenvalue weighted by atomic mass is 79.9. The number of halogens is 1. The number of anilines is 1. The molecule has 2 rings (SSSR count). The molecule has 0 aromatic heterocycles. The van der Waals surface area contributed by atoms with E-state index in [1.54, 1.807) is 0 Å². The Hall–Kier alpha value is -0.800. The Morgan fingerprint density at radius 3 is 2.94 bits per heavy atom. The van der Waals surface area contributed by atoms with Crippen molar-refractivity contribution in [3.05, 3.63) is 39.9 Å². The van der Waals surface area contributed by atoms with Crippen molar-refractivity contribution in [3.8, 4) is 0 Å². The second kappa shape index (κ2) is 5.02. The lowest BCUT2D eigenvalue weighted by atomic mass is 10.1. The quantitative estimate of drug-likeness (QED) is 0.666. The number of hydrogen-bond acceptors (Lipinski definition) is 2. The molecule has 3 heteroatoms. The fourth-order valence-corrected chi connectivity index (χ4v) is 2.32. The highest BCUT2D eigenvalue weighted by Gasteiger charge is 2.10. The van der Waals surface area contributed by atoms with E-state index in [1.807, 2.05) is 6.07 Å². The van der Waals surface area contributed by atoms with Crippen molar-refractivity contribution in [2.45, 2.75) is 19.9 Å². The van der Waals surface area contributed by atoms with Gasteiger partial charge in [0.05, 0.1) is 0 Å². The van der Waals surface area contributed by atoms with Gasteiger partial charge in [-0.2, -0.15) is 0 Å². The van der Waals surface area contributed by atoms with Gasteiger partial charge >= 0.3 is 0 Å². The SMILES string of the molecule is CC1=CCCN(Cc2ccc(Br)c(N)c2)C1. The zero-order valence-corrected chi connectivity index (χ0v) is 11.1. The molecule has 1 aliphatic rings. The van der Waals surface area contributed by atoms with Crippen LogP contribution in [-0.4, -0.2) is 18.0 Å². The number of benzene rings is 1. The largest absolute Gasteiger partial charge is 0.398 e. The minimum Gasteiger partial charge on any atom is -0.398 e. The summed E-state index contributed by atoms with van der Waals surface area (Å²) in [6.45, 7) is 5.41. The van der Waals surface area contributed by atoms with Gasteiger partial charge in [-0.1, -0.05) is 17.7 Å². The molecule has 86 valence electrons. The van der Waals surface area contributed by atoms with E-state index in [9.17, 15) is 0 Å². The van der Waals surface area contributed by atoms with Crippen LogP contribution in [0.15, 0.2) is 34.3 Å².